The van der Waals surface area contributed by atoms with Crippen molar-refractivity contribution in [3.05, 3.63) is 12.2 Å². The van der Waals surface area contributed by atoms with Crippen molar-refractivity contribution >= 4 is 5.78 Å². The van der Waals surface area contributed by atoms with E-state index in [4.69, 9.17) is 0 Å². The molecule has 1 aliphatic rings. The van der Waals surface area contributed by atoms with Crippen molar-refractivity contribution in [2.75, 3.05) is 0 Å². The highest BCUT2D eigenvalue weighted by Crippen LogP contribution is 2.39. The molecule has 1 fully saturated rings. The van der Waals surface area contributed by atoms with Gasteiger partial charge < -0.3 is 0 Å². The molecule has 0 radical (unpaired) electrons. The third-order valence-corrected chi connectivity index (χ3v) is 1.87. The van der Waals surface area contributed by atoms with Crippen LogP contribution in [0.4, 0.5) is 0 Å². The van der Waals surface area contributed by atoms with Gasteiger partial charge in [-0.2, -0.15) is 0 Å². The molecule has 0 N–H and O–H groups in total. The van der Waals surface area contributed by atoms with Crippen molar-refractivity contribution in [2.45, 2.75) is 20.3 Å². The van der Waals surface area contributed by atoms with Gasteiger partial charge in [0.05, 0.1) is 0 Å². The van der Waals surface area contributed by atoms with Crippen molar-refractivity contribution in [1.29, 1.82) is 0 Å². The summed E-state index contributed by atoms with van der Waals surface area (Å²) < 4.78 is 0. The van der Waals surface area contributed by atoms with E-state index < -0.39 is 0 Å². The zero-order valence-electron chi connectivity index (χ0n) is 5.98. The minimum absolute atomic E-state index is 0.266. The van der Waals surface area contributed by atoms with Gasteiger partial charge in [-0.3, -0.25) is 4.79 Å². The number of ketones is 1. The molecule has 0 amide bonds. The smallest absolute Gasteiger partial charge is 0.161 e. The van der Waals surface area contributed by atoms with Crippen LogP contribution in [0.2, 0.25) is 0 Å². The Bertz CT molecular complexity index is 158. The van der Waals surface area contributed by atoms with Gasteiger partial charge >= 0.3 is 0 Å². The van der Waals surface area contributed by atoms with E-state index in [1.165, 1.54) is 0 Å². The molecule has 1 nitrogen and oxygen atoms in total. The second-order valence-electron chi connectivity index (χ2n) is 2.96. The summed E-state index contributed by atoms with van der Waals surface area (Å²) in [6.45, 7) is 7.49. The third-order valence-electron chi connectivity index (χ3n) is 1.87. The van der Waals surface area contributed by atoms with E-state index in [2.05, 4.69) is 13.5 Å². The molecular formula is C8H12O. The van der Waals surface area contributed by atoms with E-state index in [0.717, 1.165) is 6.42 Å². The molecule has 0 saturated heterocycles. The molecule has 2 unspecified atom stereocenters. The first-order chi connectivity index (χ1) is 4.13. The largest absolute Gasteiger partial charge is 0.294 e. The zero-order valence-corrected chi connectivity index (χ0v) is 5.98. The van der Waals surface area contributed by atoms with Crippen LogP contribution in [-0.2, 0) is 4.79 Å². The Kier molecular flexibility index (Phi) is 1.43. The minimum atomic E-state index is 0.266. The fourth-order valence-electron chi connectivity index (χ4n) is 1.00. The van der Waals surface area contributed by atoms with Gasteiger partial charge in [-0.25, -0.2) is 0 Å². The summed E-state index contributed by atoms with van der Waals surface area (Å²) in [6.07, 6.45) is 1.08. The van der Waals surface area contributed by atoms with Crippen LogP contribution >= 0.6 is 0 Å². The van der Waals surface area contributed by atoms with Crippen molar-refractivity contribution in [2.24, 2.45) is 11.8 Å². The number of hydrogen-bond acceptors (Lipinski definition) is 1. The fourth-order valence-corrected chi connectivity index (χ4v) is 1.00. The van der Waals surface area contributed by atoms with Crippen molar-refractivity contribution in [3.63, 3.8) is 0 Å². The molecule has 0 spiro atoms. The lowest BCUT2D eigenvalue weighted by atomic mass is 10.1. The van der Waals surface area contributed by atoms with Crippen molar-refractivity contribution < 1.29 is 4.79 Å². The number of carbonyl (C=O) groups is 1. The minimum Gasteiger partial charge on any atom is -0.294 e. The molecule has 1 rings (SSSR count). The van der Waals surface area contributed by atoms with Gasteiger partial charge in [-0.1, -0.05) is 13.5 Å². The SMILES string of the molecule is C=C(C)C(=O)C1CC1C. The first-order valence-electron chi connectivity index (χ1n) is 3.32. The second kappa shape index (κ2) is 1.98. The van der Waals surface area contributed by atoms with Crippen LogP contribution in [-0.4, -0.2) is 5.78 Å². The summed E-state index contributed by atoms with van der Waals surface area (Å²) in [5.41, 5.74) is 0.712. The highest BCUT2D eigenvalue weighted by atomic mass is 16.1. The van der Waals surface area contributed by atoms with Crippen LogP contribution in [0, 0.1) is 11.8 Å². The fraction of sp³-hybridized carbons (Fsp3) is 0.625. The number of hydrogen-bond donors (Lipinski definition) is 0. The molecule has 50 valence electrons. The molecule has 1 aliphatic carbocycles. The number of rotatable bonds is 2. The quantitative estimate of drug-likeness (QED) is 0.513. The summed E-state index contributed by atoms with van der Waals surface area (Å²) in [7, 11) is 0. The first kappa shape index (κ1) is 6.53. The van der Waals surface area contributed by atoms with Crippen LogP contribution in [0.3, 0.4) is 0 Å². The summed E-state index contributed by atoms with van der Waals surface area (Å²) in [5, 5.41) is 0. The van der Waals surface area contributed by atoms with Gasteiger partial charge in [0.2, 0.25) is 0 Å². The second-order valence-corrected chi connectivity index (χ2v) is 2.96. The lowest BCUT2D eigenvalue weighted by molar-refractivity contribution is -0.116. The van der Waals surface area contributed by atoms with Crippen LogP contribution in [0.25, 0.3) is 0 Å². The molecule has 2 atom stereocenters. The molecule has 0 aromatic carbocycles. The van der Waals surface area contributed by atoms with Crippen LogP contribution < -0.4 is 0 Å². The van der Waals surface area contributed by atoms with Crippen LogP contribution in [0.15, 0.2) is 12.2 Å². The lowest BCUT2D eigenvalue weighted by Gasteiger charge is -1.92. The zero-order chi connectivity index (χ0) is 7.02. The standard InChI is InChI=1S/C8H12O/c1-5(2)8(9)7-4-6(7)3/h6-7H,1,4H2,2-3H3. The third kappa shape index (κ3) is 1.21. The molecule has 1 heteroatoms. The maximum Gasteiger partial charge on any atom is 0.161 e. The highest BCUT2D eigenvalue weighted by molar-refractivity contribution is 5.97. The van der Waals surface area contributed by atoms with E-state index in [1.54, 1.807) is 6.92 Å². The van der Waals surface area contributed by atoms with Gasteiger partial charge in [-0.05, 0) is 24.8 Å². The van der Waals surface area contributed by atoms with Crippen molar-refractivity contribution in [3.8, 4) is 0 Å². The molecule has 1 saturated carbocycles. The molecular weight excluding hydrogens is 112 g/mol. The van der Waals surface area contributed by atoms with Crippen LogP contribution in [0.5, 0.6) is 0 Å². The van der Waals surface area contributed by atoms with Gasteiger partial charge in [0.25, 0.3) is 0 Å². The highest BCUT2D eigenvalue weighted by Gasteiger charge is 2.38. The van der Waals surface area contributed by atoms with E-state index in [0.29, 0.717) is 17.4 Å². The Morgan fingerprint density at radius 3 is 2.22 bits per heavy atom. The lowest BCUT2D eigenvalue weighted by Crippen LogP contribution is -2.01. The molecule has 0 aliphatic heterocycles. The molecule has 0 heterocycles. The summed E-state index contributed by atoms with van der Waals surface area (Å²) in [4.78, 5) is 11.0. The Hall–Kier alpha value is -0.590. The summed E-state index contributed by atoms with van der Waals surface area (Å²) in [6, 6.07) is 0. The molecule has 0 bridgehead atoms. The first-order valence-corrected chi connectivity index (χ1v) is 3.32. The summed E-state index contributed by atoms with van der Waals surface area (Å²) in [5.74, 6) is 1.21. The topological polar surface area (TPSA) is 17.1 Å². The Labute approximate surface area is 55.8 Å². The predicted molar refractivity (Wildman–Crippen MR) is 37.1 cm³/mol. The predicted octanol–water partition coefficient (Wildman–Crippen LogP) is 1.79. The normalized spacial score (nSPS) is 31.8. The average Bonchev–Trinajstić information content (AvgIpc) is 2.44. The van der Waals surface area contributed by atoms with Gasteiger partial charge in [0, 0.05) is 5.92 Å². The number of Topliss-reactive ketones (excluding diaryl/α,β-unsaturated/α-hetero) is 1. The van der Waals surface area contributed by atoms with Gasteiger partial charge in [-0.15, -0.1) is 0 Å². The number of allylic oxidation sites excluding steroid dienone is 1. The summed E-state index contributed by atoms with van der Waals surface area (Å²) >= 11 is 0. The number of carbonyl (C=O) groups excluding carboxylic acids is 1. The van der Waals surface area contributed by atoms with E-state index in [-0.39, 0.29) is 5.78 Å². The maximum atomic E-state index is 11.0. The molecule has 0 aromatic rings. The average molecular weight is 124 g/mol. The van der Waals surface area contributed by atoms with Gasteiger partial charge in [0.1, 0.15) is 0 Å². The van der Waals surface area contributed by atoms with Crippen LogP contribution in [0.1, 0.15) is 20.3 Å². The Morgan fingerprint density at radius 1 is 1.67 bits per heavy atom. The van der Waals surface area contributed by atoms with E-state index >= 15 is 0 Å². The van der Waals surface area contributed by atoms with E-state index in [9.17, 15) is 4.79 Å². The molecule has 9 heavy (non-hydrogen) atoms. The Balaban J connectivity index is 2.46. The van der Waals surface area contributed by atoms with Crippen molar-refractivity contribution in [1.82, 2.24) is 0 Å². The monoisotopic (exact) mass is 124 g/mol. The Morgan fingerprint density at radius 2 is 2.11 bits per heavy atom. The maximum absolute atomic E-state index is 11.0. The van der Waals surface area contributed by atoms with E-state index in [1.807, 2.05) is 0 Å². The van der Waals surface area contributed by atoms with Gasteiger partial charge in [0.15, 0.2) is 5.78 Å². The molecule has 0 aromatic heterocycles.